The molecule has 0 aliphatic heterocycles. The minimum Gasteiger partial charge on any atom is -0.466 e. The Labute approximate surface area is 141 Å². The van der Waals surface area contributed by atoms with Gasteiger partial charge in [-0.05, 0) is 19.3 Å². The van der Waals surface area contributed by atoms with Crippen LogP contribution in [0.2, 0.25) is 0 Å². The molecule has 134 valence electrons. The minimum atomic E-state index is -0.806. The molecule has 0 saturated heterocycles. The molecule has 0 unspecified atom stereocenters. The summed E-state index contributed by atoms with van der Waals surface area (Å²) in [5.74, 6) is -2.64. The Bertz CT molecular complexity index is 512. The number of rotatable bonds is 11. The second-order valence-corrected chi connectivity index (χ2v) is 5.57. The fourth-order valence-corrected chi connectivity index (χ4v) is 2.10. The molecule has 0 aliphatic rings. The molecule has 0 heterocycles. The van der Waals surface area contributed by atoms with Gasteiger partial charge in [0.05, 0.1) is 6.61 Å². The van der Waals surface area contributed by atoms with Crippen molar-refractivity contribution in [2.45, 2.75) is 58.3 Å². The lowest BCUT2D eigenvalue weighted by Crippen LogP contribution is -2.09. The van der Waals surface area contributed by atoms with Crippen molar-refractivity contribution in [3.63, 3.8) is 0 Å². The van der Waals surface area contributed by atoms with E-state index < -0.39 is 17.6 Å². The van der Waals surface area contributed by atoms with E-state index in [2.05, 4.69) is 6.92 Å². The van der Waals surface area contributed by atoms with Gasteiger partial charge in [-0.25, -0.2) is 8.78 Å². The summed E-state index contributed by atoms with van der Waals surface area (Å²) < 4.78 is 35.9. The molecule has 0 fully saturated rings. The van der Waals surface area contributed by atoms with Gasteiger partial charge in [0.2, 0.25) is 0 Å². The number of benzene rings is 1. The highest BCUT2D eigenvalue weighted by Gasteiger charge is 2.09. The molecule has 0 bridgehead atoms. The fraction of sp³-hybridized carbons (Fsp3) is 0.556. The van der Waals surface area contributed by atoms with E-state index in [1.165, 1.54) is 0 Å². The number of ether oxygens (including phenoxy) is 2. The van der Waals surface area contributed by atoms with Crippen LogP contribution in [0.25, 0.3) is 0 Å². The molecule has 0 radical (unpaired) electrons. The number of hydrogen-bond acceptors (Lipinski definition) is 4. The van der Waals surface area contributed by atoms with E-state index in [9.17, 15) is 18.4 Å². The Hall–Kier alpha value is -1.98. The summed E-state index contributed by atoms with van der Waals surface area (Å²) in [6.45, 7) is 2.55. The zero-order chi connectivity index (χ0) is 17.8. The van der Waals surface area contributed by atoms with Gasteiger partial charge >= 0.3 is 11.9 Å². The van der Waals surface area contributed by atoms with Crippen molar-refractivity contribution >= 4 is 11.9 Å². The second-order valence-electron chi connectivity index (χ2n) is 5.57. The summed E-state index contributed by atoms with van der Waals surface area (Å²) in [7, 11) is 0. The lowest BCUT2D eigenvalue weighted by molar-refractivity contribution is -0.144. The van der Waals surface area contributed by atoms with Crippen LogP contribution in [-0.2, 0) is 14.3 Å². The first-order chi connectivity index (χ1) is 11.5. The van der Waals surface area contributed by atoms with Crippen molar-refractivity contribution < 1.29 is 27.8 Å². The van der Waals surface area contributed by atoms with Crippen LogP contribution in [0.4, 0.5) is 8.78 Å². The topological polar surface area (TPSA) is 52.6 Å². The monoisotopic (exact) mass is 342 g/mol. The van der Waals surface area contributed by atoms with Gasteiger partial charge < -0.3 is 9.47 Å². The van der Waals surface area contributed by atoms with Crippen LogP contribution in [0.1, 0.15) is 58.3 Å². The molecular formula is C18H24F2O4. The Balaban J connectivity index is 2.11. The molecule has 0 spiro atoms. The Morgan fingerprint density at radius 1 is 0.875 bits per heavy atom. The molecule has 6 heteroatoms. The number of esters is 2. The smallest absolute Gasteiger partial charge is 0.311 e. The molecular weight excluding hydrogens is 318 g/mol. The van der Waals surface area contributed by atoms with Gasteiger partial charge in [-0.2, -0.15) is 0 Å². The number of carbonyl (C=O) groups excluding carboxylic acids is 2. The van der Waals surface area contributed by atoms with Crippen LogP contribution in [0, 0.1) is 11.6 Å². The van der Waals surface area contributed by atoms with Crippen LogP contribution < -0.4 is 4.74 Å². The maximum atomic E-state index is 13.0. The van der Waals surface area contributed by atoms with Crippen LogP contribution in [0.3, 0.4) is 0 Å². The molecule has 1 rings (SSSR count). The predicted molar refractivity (Wildman–Crippen MR) is 85.6 cm³/mol. The first-order valence-corrected chi connectivity index (χ1v) is 8.33. The van der Waals surface area contributed by atoms with Crippen LogP contribution in [-0.4, -0.2) is 18.5 Å². The molecule has 0 aliphatic carbocycles. The first-order valence-electron chi connectivity index (χ1n) is 8.33. The van der Waals surface area contributed by atoms with Crippen molar-refractivity contribution in [3.05, 3.63) is 29.8 Å². The Kier molecular flexibility index (Phi) is 9.65. The average molecular weight is 342 g/mol. The molecule has 0 aromatic heterocycles. The maximum absolute atomic E-state index is 13.0. The van der Waals surface area contributed by atoms with E-state index in [1.54, 1.807) is 0 Å². The minimum absolute atomic E-state index is 0.0713. The van der Waals surface area contributed by atoms with Gasteiger partial charge in [0, 0.05) is 31.0 Å². The molecule has 1 aromatic carbocycles. The normalized spacial score (nSPS) is 10.5. The second kappa shape index (κ2) is 11.5. The summed E-state index contributed by atoms with van der Waals surface area (Å²) >= 11 is 0. The third-order valence-corrected chi connectivity index (χ3v) is 3.34. The largest absolute Gasteiger partial charge is 0.466 e. The van der Waals surface area contributed by atoms with Crippen molar-refractivity contribution in [2.24, 2.45) is 0 Å². The third-order valence-electron chi connectivity index (χ3n) is 3.34. The van der Waals surface area contributed by atoms with Gasteiger partial charge in [-0.15, -0.1) is 0 Å². The van der Waals surface area contributed by atoms with Gasteiger partial charge in [-0.1, -0.05) is 26.2 Å². The van der Waals surface area contributed by atoms with Gasteiger partial charge in [-0.3, -0.25) is 9.59 Å². The molecule has 1 aromatic rings. The molecule has 0 saturated carbocycles. The van der Waals surface area contributed by atoms with Gasteiger partial charge in [0.15, 0.2) is 0 Å². The highest BCUT2D eigenvalue weighted by molar-refractivity contribution is 5.72. The van der Waals surface area contributed by atoms with Crippen LogP contribution in [0.5, 0.6) is 5.75 Å². The maximum Gasteiger partial charge on any atom is 0.311 e. The lowest BCUT2D eigenvalue weighted by atomic mass is 10.2. The first kappa shape index (κ1) is 20.1. The van der Waals surface area contributed by atoms with E-state index in [-0.39, 0.29) is 24.6 Å². The van der Waals surface area contributed by atoms with E-state index in [0.29, 0.717) is 25.5 Å². The van der Waals surface area contributed by atoms with Gasteiger partial charge in [0.25, 0.3) is 0 Å². The highest BCUT2D eigenvalue weighted by Crippen LogP contribution is 2.16. The number of unbranched alkanes of at least 4 members (excludes halogenated alkanes) is 4. The fourth-order valence-electron chi connectivity index (χ4n) is 2.10. The molecule has 4 nitrogen and oxygen atoms in total. The Morgan fingerprint density at radius 3 is 2.12 bits per heavy atom. The van der Waals surface area contributed by atoms with Crippen molar-refractivity contribution in [2.75, 3.05) is 6.61 Å². The summed E-state index contributed by atoms with van der Waals surface area (Å²) in [6.07, 6.45) is 5.45. The Morgan fingerprint density at radius 2 is 1.50 bits per heavy atom. The van der Waals surface area contributed by atoms with Crippen molar-refractivity contribution in [1.82, 2.24) is 0 Å². The average Bonchev–Trinajstić information content (AvgIpc) is 2.50. The standard InChI is InChI=1S/C18H24F2O4/c1-2-3-4-7-10-23-17(21)8-5-6-9-18(22)24-16-12-14(19)11-15(20)13-16/h11-13H,2-10H2,1H3. The third kappa shape index (κ3) is 9.22. The van der Waals surface area contributed by atoms with E-state index in [1.807, 2.05) is 0 Å². The molecule has 0 amide bonds. The summed E-state index contributed by atoms with van der Waals surface area (Å²) in [6, 6.07) is 2.58. The summed E-state index contributed by atoms with van der Waals surface area (Å²) in [5.41, 5.74) is 0. The SMILES string of the molecule is CCCCCCOC(=O)CCCCC(=O)Oc1cc(F)cc(F)c1. The van der Waals surface area contributed by atoms with Crippen LogP contribution in [0.15, 0.2) is 18.2 Å². The summed E-state index contributed by atoms with van der Waals surface area (Å²) in [4.78, 5) is 23.0. The predicted octanol–water partition coefficient (Wildman–Crippen LogP) is 4.55. The molecule has 24 heavy (non-hydrogen) atoms. The van der Waals surface area contributed by atoms with Gasteiger partial charge in [0.1, 0.15) is 17.4 Å². The number of hydrogen-bond donors (Lipinski definition) is 0. The summed E-state index contributed by atoms with van der Waals surface area (Å²) in [5, 5.41) is 0. The number of carbonyl (C=O) groups is 2. The van der Waals surface area contributed by atoms with Crippen molar-refractivity contribution in [1.29, 1.82) is 0 Å². The lowest BCUT2D eigenvalue weighted by Gasteiger charge is -2.06. The van der Waals surface area contributed by atoms with E-state index in [4.69, 9.17) is 9.47 Å². The van der Waals surface area contributed by atoms with E-state index in [0.717, 1.165) is 37.8 Å². The highest BCUT2D eigenvalue weighted by atomic mass is 19.1. The van der Waals surface area contributed by atoms with Crippen molar-refractivity contribution in [3.8, 4) is 5.75 Å². The zero-order valence-corrected chi connectivity index (χ0v) is 14.0. The van der Waals surface area contributed by atoms with Crippen LogP contribution >= 0.6 is 0 Å². The van der Waals surface area contributed by atoms with E-state index >= 15 is 0 Å². The quantitative estimate of drug-likeness (QED) is 0.336. The number of halogens is 2. The zero-order valence-electron chi connectivity index (χ0n) is 14.0. The molecule has 0 N–H and O–H groups in total. The molecule has 0 atom stereocenters.